The molecular formula is C24H22ClN5O3S2. The molecule has 0 unspecified atom stereocenters. The van der Waals surface area contributed by atoms with Crippen molar-refractivity contribution in [1.82, 2.24) is 19.6 Å². The average molecular weight is 528 g/mol. The Bertz CT molecular complexity index is 1390. The molecule has 0 aliphatic rings. The van der Waals surface area contributed by atoms with Crippen molar-refractivity contribution in [2.75, 3.05) is 13.7 Å². The van der Waals surface area contributed by atoms with Crippen molar-refractivity contribution in [2.24, 2.45) is 5.10 Å². The Hall–Kier alpha value is -3.18. The minimum absolute atomic E-state index is 0.128. The van der Waals surface area contributed by atoms with Crippen molar-refractivity contribution in [2.45, 2.75) is 15.3 Å². The fourth-order valence-corrected chi connectivity index (χ4v) is 5.47. The molecule has 35 heavy (non-hydrogen) atoms. The summed E-state index contributed by atoms with van der Waals surface area (Å²) in [5.41, 5.74) is 1.73. The second-order valence-corrected chi connectivity index (χ2v) is 10.6. The van der Waals surface area contributed by atoms with Crippen molar-refractivity contribution in [3.63, 3.8) is 0 Å². The van der Waals surface area contributed by atoms with Gasteiger partial charge in [0.2, 0.25) is 15.2 Å². The van der Waals surface area contributed by atoms with Crippen LogP contribution in [-0.2, 0) is 10.0 Å². The highest BCUT2D eigenvalue weighted by molar-refractivity contribution is 7.99. The first-order chi connectivity index (χ1) is 17.0. The second kappa shape index (κ2) is 11.5. The molecule has 0 spiro atoms. The quantitative estimate of drug-likeness (QED) is 0.238. The minimum atomic E-state index is -3.73. The van der Waals surface area contributed by atoms with Crippen molar-refractivity contribution in [3.05, 3.63) is 101 Å². The summed E-state index contributed by atoms with van der Waals surface area (Å²) in [4.78, 5) is 0.142. The molecule has 0 aliphatic carbocycles. The molecule has 0 saturated carbocycles. The first kappa shape index (κ1) is 24.9. The number of nitrogens with one attached hydrogen (secondary N) is 1. The van der Waals surface area contributed by atoms with Gasteiger partial charge in [-0.05, 0) is 42.0 Å². The lowest BCUT2D eigenvalue weighted by Gasteiger charge is -2.17. The van der Waals surface area contributed by atoms with Gasteiger partial charge in [-0.15, -0.1) is 10.2 Å². The van der Waals surface area contributed by atoms with Gasteiger partial charge in [0.15, 0.2) is 0 Å². The van der Waals surface area contributed by atoms with Gasteiger partial charge in [0.25, 0.3) is 0 Å². The van der Waals surface area contributed by atoms with E-state index in [-0.39, 0.29) is 16.7 Å². The summed E-state index contributed by atoms with van der Waals surface area (Å²) in [6.07, 6.45) is 3.15. The first-order valence-electron chi connectivity index (χ1n) is 10.5. The van der Waals surface area contributed by atoms with Crippen molar-refractivity contribution < 1.29 is 13.2 Å². The monoisotopic (exact) mass is 527 g/mol. The zero-order valence-corrected chi connectivity index (χ0v) is 21.0. The maximum absolute atomic E-state index is 12.8. The van der Waals surface area contributed by atoms with Gasteiger partial charge in [0.1, 0.15) is 12.1 Å². The Morgan fingerprint density at radius 2 is 1.80 bits per heavy atom. The highest BCUT2D eigenvalue weighted by atomic mass is 35.5. The van der Waals surface area contributed by atoms with Crippen LogP contribution in [0.25, 0.3) is 0 Å². The number of hydrogen-bond donors (Lipinski definition) is 1. The fourth-order valence-electron chi connectivity index (χ4n) is 3.18. The lowest BCUT2D eigenvalue weighted by atomic mass is 10.1. The van der Waals surface area contributed by atoms with Crippen LogP contribution in [0.15, 0.2) is 100 Å². The number of halogens is 1. The van der Waals surface area contributed by atoms with Gasteiger partial charge < -0.3 is 4.74 Å². The fraction of sp³-hybridized carbons (Fsp3) is 0.125. The maximum atomic E-state index is 12.8. The molecule has 0 saturated heterocycles. The number of nitrogens with zero attached hydrogens (tertiary/aromatic N) is 4. The van der Waals surface area contributed by atoms with E-state index in [1.807, 2.05) is 54.6 Å². The van der Waals surface area contributed by atoms with Gasteiger partial charge in [0.05, 0.1) is 23.5 Å². The first-order valence-corrected chi connectivity index (χ1v) is 13.2. The van der Waals surface area contributed by atoms with E-state index in [1.54, 1.807) is 30.1 Å². The summed E-state index contributed by atoms with van der Waals surface area (Å²) in [7, 11) is -2.13. The number of hydrogen-bond acceptors (Lipinski definition) is 7. The second-order valence-electron chi connectivity index (χ2n) is 7.27. The third-order valence-electron chi connectivity index (χ3n) is 4.96. The topological polar surface area (TPSA) is 98.5 Å². The molecule has 1 atom stereocenters. The van der Waals surface area contributed by atoms with E-state index >= 15 is 0 Å². The van der Waals surface area contributed by atoms with Crippen LogP contribution in [0, 0.1) is 0 Å². The Kier molecular flexibility index (Phi) is 8.19. The Morgan fingerprint density at radius 3 is 2.54 bits per heavy atom. The Balaban J connectivity index is 1.55. The van der Waals surface area contributed by atoms with Crippen molar-refractivity contribution in [3.8, 4) is 5.75 Å². The Morgan fingerprint density at radius 1 is 1.09 bits per heavy atom. The largest absolute Gasteiger partial charge is 0.496 e. The normalized spacial score (nSPS) is 12.6. The number of thioether (sulfide) groups is 1. The molecule has 1 N–H and O–H groups in total. The van der Waals surface area contributed by atoms with Crippen LogP contribution >= 0.6 is 23.4 Å². The molecule has 4 rings (SSSR count). The van der Waals surface area contributed by atoms with E-state index in [0.29, 0.717) is 15.9 Å². The van der Waals surface area contributed by atoms with Crippen molar-refractivity contribution >= 4 is 39.6 Å². The third-order valence-corrected chi connectivity index (χ3v) is 7.86. The van der Waals surface area contributed by atoms with Gasteiger partial charge in [0, 0.05) is 17.1 Å². The lowest BCUT2D eigenvalue weighted by Crippen LogP contribution is -2.27. The molecule has 0 radical (unpaired) electrons. The van der Waals surface area contributed by atoms with E-state index < -0.39 is 10.0 Å². The maximum Gasteiger partial charge on any atom is 0.240 e. The average Bonchev–Trinajstić information content (AvgIpc) is 3.33. The van der Waals surface area contributed by atoms with Crippen LogP contribution in [0.2, 0.25) is 5.02 Å². The summed E-state index contributed by atoms with van der Waals surface area (Å²) < 4.78 is 35.3. The van der Waals surface area contributed by atoms with Gasteiger partial charge in [-0.1, -0.05) is 65.8 Å². The van der Waals surface area contributed by atoms with E-state index in [1.165, 1.54) is 30.2 Å². The molecule has 0 aliphatic heterocycles. The van der Waals surface area contributed by atoms with Crippen LogP contribution in [0.3, 0.4) is 0 Å². The number of sulfonamides is 1. The predicted octanol–water partition coefficient (Wildman–Crippen LogP) is 4.63. The number of para-hydroxylation sites is 1. The molecule has 1 aromatic heterocycles. The predicted molar refractivity (Wildman–Crippen MR) is 138 cm³/mol. The van der Waals surface area contributed by atoms with Crippen molar-refractivity contribution in [1.29, 1.82) is 0 Å². The van der Waals surface area contributed by atoms with Gasteiger partial charge >= 0.3 is 0 Å². The standard InChI is InChI=1S/C24H22ClN5O3S2/c1-33-22-10-6-5-9-19(22)15-27-30-17-26-29-24(30)34-23(18-7-3-2-4-8-18)16-28-35(31,32)21-13-11-20(25)12-14-21/h2-15,17,23,28H,16H2,1H3/b27-15-/t23-/m1/s1. The Labute approximate surface area is 213 Å². The zero-order valence-electron chi connectivity index (χ0n) is 18.7. The van der Waals surface area contributed by atoms with Crippen LogP contribution < -0.4 is 9.46 Å². The number of methoxy groups -OCH3 is 1. The van der Waals surface area contributed by atoms with E-state index in [0.717, 1.165) is 11.1 Å². The molecule has 3 aromatic carbocycles. The summed E-state index contributed by atoms with van der Waals surface area (Å²) >= 11 is 7.25. The zero-order chi connectivity index (χ0) is 24.7. The van der Waals surface area contributed by atoms with Crippen LogP contribution in [0.5, 0.6) is 5.75 Å². The number of aromatic nitrogens is 3. The van der Waals surface area contributed by atoms with Gasteiger partial charge in [-0.3, -0.25) is 0 Å². The smallest absolute Gasteiger partial charge is 0.240 e. The van der Waals surface area contributed by atoms with E-state index in [4.69, 9.17) is 16.3 Å². The summed E-state index contributed by atoms with van der Waals surface area (Å²) in [6, 6.07) is 23.1. The molecule has 1 heterocycles. The lowest BCUT2D eigenvalue weighted by molar-refractivity contribution is 0.414. The minimum Gasteiger partial charge on any atom is -0.496 e. The molecule has 180 valence electrons. The highest BCUT2D eigenvalue weighted by Crippen LogP contribution is 2.34. The molecule has 4 aromatic rings. The molecule has 0 fully saturated rings. The van der Waals surface area contributed by atoms with E-state index in [2.05, 4.69) is 20.0 Å². The highest BCUT2D eigenvalue weighted by Gasteiger charge is 2.21. The SMILES string of the molecule is COc1ccccc1/C=N\n1cnnc1S[C@H](CNS(=O)(=O)c1ccc(Cl)cc1)c1ccccc1. The summed E-state index contributed by atoms with van der Waals surface area (Å²) in [6.45, 7) is 0.128. The molecule has 0 bridgehead atoms. The molecule has 0 amide bonds. The van der Waals surface area contributed by atoms with Gasteiger partial charge in [-0.25, -0.2) is 13.1 Å². The number of ether oxygens (including phenoxy) is 1. The number of benzene rings is 3. The molecular weight excluding hydrogens is 506 g/mol. The van der Waals surface area contributed by atoms with Crippen LogP contribution in [-0.4, -0.2) is 43.2 Å². The summed E-state index contributed by atoms with van der Waals surface area (Å²) in [5, 5.41) is 13.3. The molecule has 11 heteroatoms. The van der Waals surface area contributed by atoms with Gasteiger partial charge in [-0.2, -0.15) is 9.78 Å². The third kappa shape index (κ3) is 6.49. The summed E-state index contributed by atoms with van der Waals surface area (Å²) in [5.74, 6) is 0.692. The molecule has 8 nitrogen and oxygen atoms in total. The van der Waals surface area contributed by atoms with Crippen LogP contribution in [0.4, 0.5) is 0 Å². The number of rotatable bonds is 10. The van der Waals surface area contributed by atoms with E-state index in [9.17, 15) is 8.42 Å². The van der Waals surface area contributed by atoms with Crippen LogP contribution in [0.1, 0.15) is 16.4 Å².